The van der Waals surface area contributed by atoms with Crippen LogP contribution in [0.15, 0.2) is 16.3 Å². The van der Waals surface area contributed by atoms with Gasteiger partial charge in [-0.3, -0.25) is 0 Å². The van der Waals surface area contributed by atoms with Gasteiger partial charge in [-0.15, -0.1) is 11.3 Å². The van der Waals surface area contributed by atoms with E-state index in [0.717, 1.165) is 30.8 Å². The maximum atomic E-state index is 12.9. The van der Waals surface area contributed by atoms with E-state index in [-0.39, 0.29) is 6.04 Å². The van der Waals surface area contributed by atoms with Gasteiger partial charge in [-0.2, -0.15) is 4.31 Å². The first-order valence-electron chi connectivity index (χ1n) is 7.94. The number of nitrogens with zero attached hydrogens (tertiary/aromatic N) is 1. The maximum absolute atomic E-state index is 12.9. The van der Waals surface area contributed by atoms with Crippen LogP contribution in [0.1, 0.15) is 43.9 Å². The van der Waals surface area contributed by atoms with Gasteiger partial charge < -0.3 is 5.32 Å². The van der Waals surface area contributed by atoms with Gasteiger partial charge in [-0.25, -0.2) is 8.42 Å². The first-order chi connectivity index (χ1) is 10.1. The monoisotopic (exact) mass is 328 g/mol. The molecule has 1 N–H and O–H groups in total. The molecule has 3 rings (SSSR count). The van der Waals surface area contributed by atoms with Gasteiger partial charge >= 0.3 is 0 Å². The van der Waals surface area contributed by atoms with Crippen LogP contribution in [0.5, 0.6) is 0 Å². The highest BCUT2D eigenvalue weighted by molar-refractivity contribution is 7.91. The Balaban J connectivity index is 1.78. The van der Waals surface area contributed by atoms with Gasteiger partial charge in [0.1, 0.15) is 4.21 Å². The SMILES string of the molecule is CCNCc1ccc(S(=O)(=O)N2CCC3CCCCC32)s1. The van der Waals surface area contributed by atoms with Crippen molar-refractivity contribution in [1.82, 2.24) is 9.62 Å². The maximum Gasteiger partial charge on any atom is 0.252 e. The van der Waals surface area contributed by atoms with Gasteiger partial charge in [0.05, 0.1) is 0 Å². The first-order valence-corrected chi connectivity index (χ1v) is 10.2. The van der Waals surface area contributed by atoms with Crippen molar-refractivity contribution in [2.24, 2.45) is 5.92 Å². The van der Waals surface area contributed by atoms with Crippen molar-refractivity contribution in [2.75, 3.05) is 13.1 Å². The Morgan fingerprint density at radius 1 is 1.29 bits per heavy atom. The predicted molar refractivity (Wildman–Crippen MR) is 86.0 cm³/mol. The van der Waals surface area contributed by atoms with Gasteiger partial charge in [-0.05, 0) is 43.9 Å². The molecule has 1 saturated carbocycles. The van der Waals surface area contributed by atoms with Crippen molar-refractivity contribution in [3.63, 3.8) is 0 Å². The molecule has 1 saturated heterocycles. The number of fused-ring (bicyclic) bond motifs is 1. The van der Waals surface area contributed by atoms with E-state index in [1.165, 1.54) is 30.6 Å². The van der Waals surface area contributed by atoms with Crippen LogP contribution >= 0.6 is 11.3 Å². The molecule has 2 fully saturated rings. The van der Waals surface area contributed by atoms with Crippen molar-refractivity contribution < 1.29 is 8.42 Å². The van der Waals surface area contributed by atoms with E-state index in [4.69, 9.17) is 0 Å². The number of hydrogen-bond donors (Lipinski definition) is 1. The minimum Gasteiger partial charge on any atom is -0.312 e. The minimum atomic E-state index is -3.29. The van der Waals surface area contributed by atoms with E-state index < -0.39 is 10.0 Å². The first kappa shape index (κ1) is 15.5. The number of hydrogen-bond acceptors (Lipinski definition) is 4. The van der Waals surface area contributed by atoms with E-state index in [0.29, 0.717) is 16.7 Å². The van der Waals surface area contributed by atoms with E-state index in [1.54, 1.807) is 10.4 Å². The van der Waals surface area contributed by atoms with Gasteiger partial charge in [0.15, 0.2) is 0 Å². The van der Waals surface area contributed by atoms with E-state index in [9.17, 15) is 8.42 Å². The standard InChI is InChI=1S/C15H24N2O2S2/c1-2-16-11-13-7-8-15(20-13)21(18,19)17-10-9-12-5-3-4-6-14(12)17/h7-8,12,14,16H,2-6,9-11H2,1H3. The molecule has 1 aliphatic carbocycles. The van der Waals surface area contributed by atoms with Crippen LogP contribution < -0.4 is 5.32 Å². The van der Waals surface area contributed by atoms with Crippen LogP contribution in [-0.4, -0.2) is 31.9 Å². The Morgan fingerprint density at radius 3 is 2.90 bits per heavy atom. The third kappa shape index (κ3) is 3.04. The summed E-state index contributed by atoms with van der Waals surface area (Å²) in [6, 6.07) is 3.97. The summed E-state index contributed by atoms with van der Waals surface area (Å²) >= 11 is 1.41. The average Bonchev–Trinajstić information content (AvgIpc) is 3.12. The molecule has 2 heterocycles. The Morgan fingerprint density at radius 2 is 2.10 bits per heavy atom. The van der Waals surface area contributed by atoms with Crippen molar-refractivity contribution in [3.8, 4) is 0 Å². The van der Waals surface area contributed by atoms with Crippen LogP contribution in [0.3, 0.4) is 0 Å². The largest absolute Gasteiger partial charge is 0.312 e. The summed E-state index contributed by atoms with van der Waals surface area (Å²) in [6.45, 7) is 4.41. The second-order valence-corrected chi connectivity index (χ2v) is 9.30. The van der Waals surface area contributed by atoms with Crippen molar-refractivity contribution in [2.45, 2.75) is 55.8 Å². The summed E-state index contributed by atoms with van der Waals surface area (Å²) in [5.41, 5.74) is 0. The summed E-state index contributed by atoms with van der Waals surface area (Å²) < 4.78 is 28.1. The molecule has 0 aromatic carbocycles. The molecule has 6 heteroatoms. The lowest BCUT2D eigenvalue weighted by atomic mass is 9.86. The fraction of sp³-hybridized carbons (Fsp3) is 0.733. The number of sulfonamides is 1. The van der Waals surface area contributed by atoms with Gasteiger partial charge in [0, 0.05) is 24.0 Å². The van der Waals surface area contributed by atoms with Crippen LogP contribution in [0.25, 0.3) is 0 Å². The Bertz CT molecular complexity index is 582. The lowest BCUT2D eigenvalue weighted by Crippen LogP contribution is -2.38. The van der Waals surface area contributed by atoms with Crippen molar-refractivity contribution in [3.05, 3.63) is 17.0 Å². The molecule has 0 amide bonds. The second-order valence-electron chi connectivity index (χ2n) is 6.02. The molecule has 21 heavy (non-hydrogen) atoms. The number of rotatable bonds is 5. The van der Waals surface area contributed by atoms with Crippen LogP contribution in [0.2, 0.25) is 0 Å². The highest BCUT2D eigenvalue weighted by Crippen LogP contribution is 2.40. The third-order valence-corrected chi connectivity index (χ3v) is 8.19. The highest BCUT2D eigenvalue weighted by atomic mass is 32.2. The van der Waals surface area contributed by atoms with Gasteiger partial charge in [-0.1, -0.05) is 19.8 Å². The number of nitrogens with one attached hydrogen (secondary N) is 1. The van der Waals surface area contributed by atoms with Gasteiger partial charge in [0.2, 0.25) is 0 Å². The van der Waals surface area contributed by atoms with E-state index in [1.807, 2.05) is 6.07 Å². The third-order valence-electron chi connectivity index (χ3n) is 4.71. The zero-order valence-corrected chi connectivity index (χ0v) is 14.2. The predicted octanol–water partition coefficient (Wildman–Crippen LogP) is 2.81. The fourth-order valence-electron chi connectivity index (χ4n) is 3.62. The quantitative estimate of drug-likeness (QED) is 0.904. The molecule has 0 bridgehead atoms. The summed E-state index contributed by atoms with van der Waals surface area (Å²) in [5, 5.41) is 3.25. The number of thiophene rings is 1. The Hall–Kier alpha value is -0.430. The Kier molecular flexibility index (Phi) is 4.69. The molecule has 1 aliphatic heterocycles. The second kappa shape index (κ2) is 6.36. The summed E-state index contributed by atoms with van der Waals surface area (Å²) in [7, 11) is -3.29. The molecule has 0 radical (unpaired) electrons. The Labute approximate surface area is 131 Å². The molecule has 118 valence electrons. The fourth-order valence-corrected chi connectivity index (χ4v) is 6.80. The zero-order chi connectivity index (χ0) is 14.9. The van der Waals surface area contributed by atoms with Crippen LogP contribution in [-0.2, 0) is 16.6 Å². The smallest absolute Gasteiger partial charge is 0.252 e. The molecule has 4 nitrogen and oxygen atoms in total. The zero-order valence-electron chi connectivity index (χ0n) is 12.5. The lowest BCUT2D eigenvalue weighted by Gasteiger charge is -2.30. The van der Waals surface area contributed by atoms with Gasteiger partial charge in [0.25, 0.3) is 10.0 Å². The lowest BCUT2D eigenvalue weighted by molar-refractivity contribution is 0.260. The molecular weight excluding hydrogens is 304 g/mol. The summed E-state index contributed by atoms with van der Waals surface area (Å²) in [4.78, 5) is 1.09. The normalized spacial score (nSPS) is 26.9. The molecule has 2 aliphatic rings. The summed E-state index contributed by atoms with van der Waals surface area (Å²) in [5.74, 6) is 0.592. The molecule has 1 aromatic rings. The molecule has 2 atom stereocenters. The van der Waals surface area contributed by atoms with Crippen molar-refractivity contribution in [1.29, 1.82) is 0 Å². The molecular formula is C15H24N2O2S2. The van der Waals surface area contributed by atoms with E-state index in [2.05, 4.69) is 12.2 Å². The van der Waals surface area contributed by atoms with Crippen molar-refractivity contribution >= 4 is 21.4 Å². The highest BCUT2D eigenvalue weighted by Gasteiger charge is 2.42. The molecule has 1 aromatic heterocycles. The van der Waals surface area contributed by atoms with Crippen LogP contribution in [0.4, 0.5) is 0 Å². The average molecular weight is 329 g/mol. The summed E-state index contributed by atoms with van der Waals surface area (Å²) in [6.07, 6.45) is 5.72. The molecule has 0 spiro atoms. The molecule has 2 unspecified atom stereocenters. The minimum absolute atomic E-state index is 0.253. The van der Waals surface area contributed by atoms with E-state index >= 15 is 0 Å². The topological polar surface area (TPSA) is 49.4 Å². The van der Waals surface area contributed by atoms with Crippen LogP contribution in [0, 0.1) is 5.92 Å².